The summed E-state index contributed by atoms with van der Waals surface area (Å²) in [7, 11) is 0. The van der Waals surface area contributed by atoms with Crippen molar-refractivity contribution >= 4 is 6.09 Å². The number of carbonyl (C=O) groups is 1. The van der Waals surface area contributed by atoms with Crippen LogP contribution in [0.15, 0.2) is 0 Å². The summed E-state index contributed by atoms with van der Waals surface area (Å²) in [6.45, 7) is 1.83. The van der Waals surface area contributed by atoms with Crippen molar-refractivity contribution in [3.05, 3.63) is 0 Å². The van der Waals surface area contributed by atoms with Crippen molar-refractivity contribution < 1.29 is 27.8 Å². The van der Waals surface area contributed by atoms with Gasteiger partial charge in [-0.1, -0.05) is 13.8 Å². The van der Waals surface area contributed by atoms with E-state index in [1.165, 1.54) is 0 Å². The number of halogens is 3. The van der Waals surface area contributed by atoms with Crippen LogP contribution >= 0.6 is 0 Å². The summed E-state index contributed by atoms with van der Waals surface area (Å²) in [5.41, 5.74) is -0.531. The number of ether oxygens (including phenoxy) is 1. The largest absolute Gasteiger partial charge is 0.440 e. The highest BCUT2D eigenvalue weighted by Crippen LogP contribution is 2.40. The second-order valence-corrected chi connectivity index (χ2v) is 4.46. The minimum absolute atomic E-state index is 0.327. The van der Waals surface area contributed by atoms with Crippen LogP contribution in [-0.4, -0.2) is 36.1 Å². The summed E-state index contributed by atoms with van der Waals surface area (Å²) in [6.07, 6.45) is -5.86. The lowest BCUT2D eigenvalue weighted by Crippen LogP contribution is -2.61. The van der Waals surface area contributed by atoms with Crippen molar-refractivity contribution in [2.24, 2.45) is 5.41 Å². The molecule has 1 amide bonds. The summed E-state index contributed by atoms with van der Waals surface area (Å²) in [6, 6.07) is -0.358. The Hall–Kier alpha value is -0.980. The van der Waals surface area contributed by atoms with Gasteiger partial charge in [-0.15, -0.1) is 0 Å². The van der Waals surface area contributed by atoms with Crippen LogP contribution in [0.1, 0.15) is 20.3 Å². The Bertz CT molecular complexity index is 278. The summed E-state index contributed by atoms with van der Waals surface area (Å²) >= 11 is 0. The molecule has 4 nitrogen and oxygen atoms in total. The SMILES string of the molecule is CC1(C)C(O)CC1NC(=O)OCC(F)(F)F. The maximum atomic E-state index is 11.7. The van der Waals surface area contributed by atoms with E-state index in [4.69, 9.17) is 0 Å². The van der Waals surface area contributed by atoms with Gasteiger partial charge in [0.15, 0.2) is 6.61 Å². The van der Waals surface area contributed by atoms with Gasteiger partial charge in [-0.05, 0) is 6.42 Å². The van der Waals surface area contributed by atoms with Crippen molar-refractivity contribution in [1.82, 2.24) is 5.32 Å². The topological polar surface area (TPSA) is 58.6 Å². The molecule has 1 saturated carbocycles. The first-order valence-corrected chi connectivity index (χ1v) is 4.81. The zero-order chi connectivity index (χ0) is 12.6. The molecule has 0 saturated heterocycles. The first-order valence-electron chi connectivity index (χ1n) is 4.81. The molecule has 0 radical (unpaired) electrons. The van der Waals surface area contributed by atoms with Gasteiger partial charge >= 0.3 is 12.3 Å². The Labute approximate surface area is 90.8 Å². The van der Waals surface area contributed by atoms with E-state index in [1.807, 2.05) is 0 Å². The van der Waals surface area contributed by atoms with E-state index in [9.17, 15) is 23.1 Å². The molecule has 16 heavy (non-hydrogen) atoms. The van der Waals surface area contributed by atoms with E-state index >= 15 is 0 Å². The minimum Gasteiger partial charge on any atom is -0.440 e. The van der Waals surface area contributed by atoms with E-state index < -0.39 is 30.4 Å². The van der Waals surface area contributed by atoms with Gasteiger partial charge < -0.3 is 15.2 Å². The van der Waals surface area contributed by atoms with Gasteiger partial charge in [0.05, 0.1) is 6.10 Å². The summed E-state index contributed by atoms with van der Waals surface area (Å²) < 4.78 is 39.1. The Morgan fingerprint density at radius 3 is 2.50 bits per heavy atom. The molecular formula is C9H14F3NO3. The molecule has 0 heterocycles. The molecule has 0 aliphatic heterocycles. The maximum Gasteiger partial charge on any atom is 0.422 e. The zero-order valence-corrected chi connectivity index (χ0v) is 8.97. The number of amides is 1. The van der Waals surface area contributed by atoms with Gasteiger partial charge in [0.2, 0.25) is 0 Å². The van der Waals surface area contributed by atoms with E-state index in [0.29, 0.717) is 6.42 Å². The first-order chi connectivity index (χ1) is 7.13. The van der Waals surface area contributed by atoms with Gasteiger partial charge in [0.25, 0.3) is 0 Å². The molecule has 0 aromatic rings. The highest BCUT2D eigenvalue weighted by atomic mass is 19.4. The number of rotatable bonds is 2. The molecule has 2 atom stereocenters. The second-order valence-electron chi connectivity index (χ2n) is 4.46. The normalized spacial score (nSPS) is 28.1. The summed E-state index contributed by atoms with van der Waals surface area (Å²) in [4.78, 5) is 11.0. The number of carbonyl (C=O) groups excluding carboxylic acids is 1. The lowest BCUT2D eigenvalue weighted by molar-refractivity contribution is -0.161. The van der Waals surface area contributed by atoms with Gasteiger partial charge in [0, 0.05) is 11.5 Å². The van der Waals surface area contributed by atoms with Crippen LogP contribution in [0.4, 0.5) is 18.0 Å². The zero-order valence-electron chi connectivity index (χ0n) is 8.97. The molecule has 0 aromatic heterocycles. The third kappa shape index (κ3) is 3.01. The van der Waals surface area contributed by atoms with Crippen molar-refractivity contribution in [2.45, 2.75) is 38.6 Å². The number of alkyl halides is 3. The van der Waals surface area contributed by atoms with E-state index in [1.54, 1.807) is 13.8 Å². The lowest BCUT2D eigenvalue weighted by atomic mass is 9.65. The van der Waals surface area contributed by atoms with Crippen LogP contribution in [0.5, 0.6) is 0 Å². The molecule has 2 unspecified atom stereocenters. The Morgan fingerprint density at radius 2 is 2.12 bits per heavy atom. The van der Waals surface area contributed by atoms with Gasteiger partial charge in [0.1, 0.15) is 0 Å². The van der Waals surface area contributed by atoms with E-state index in [2.05, 4.69) is 10.1 Å². The van der Waals surface area contributed by atoms with Crippen LogP contribution in [0.3, 0.4) is 0 Å². The molecular weight excluding hydrogens is 227 g/mol. The smallest absolute Gasteiger partial charge is 0.422 e. The minimum atomic E-state index is -4.52. The molecule has 0 aromatic carbocycles. The van der Waals surface area contributed by atoms with Crippen LogP contribution in [0.25, 0.3) is 0 Å². The number of aliphatic hydroxyl groups is 1. The third-order valence-corrected chi connectivity index (χ3v) is 2.87. The number of nitrogens with one attached hydrogen (secondary N) is 1. The molecule has 1 fully saturated rings. The lowest BCUT2D eigenvalue weighted by Gasteiger charge is -2.49. The summed E-state index contributed by atoms with van der Waals surface area (Å²) in [5.74, 6) is 0. The van der Waals surface area contributed by atoms with Crippen molar-refractivity contribution in [2.75, 3.05) is 6.61 Å². The highest BCUT2D eigenvalue weighted by molar-refractivity contribution is 5.68. The van der Waals surface area contributed by atoms with Gasteiger partial charge in [-0.2, -0.15) is 13.2 Å². The van der Waals surface area contributed by atoms with Crippen LogP contribution < -0.4 is 5.32 Å². The fourth-order valence-electron chi connectivity index (χ4n) is 1.48. The standard InChI is InChI=1S/C9H14F3NO3/c1-8(2)5(3-6(8)14)13-7(15)16-4-9(10,11)12/h5-6,14H,3-4H2,1-2H3,(H,13,15). The van der Waals surface area contributed by atoms with E-state index in [-0.39, 0.29) is 6.04 Å². The number of alkyl carbamates (subject to hydrolysis) is 1. The predicted molar refractivity (Wildman–Crippen MR) is 48.7 cm³/mol. The third-order valence-electron chi connectivity index (χ3n) is 2.87. The number of hydrogen-bond acceptors (Lipinski definition) is 3. The van der Waals surface area contributed by atoms with Crippen molar-refractivity contribution in [1.29, 1.82) is 0 Å². The fraction of sp³-hybridized carbons (Fsp3) is 0.889. The molecule has 0 spiro atoms. The molecule has 1 rings (SSSR count). The first kappa shape index (κ1) is 13.1. The molecule has 2 N–H and O–H groups in total. The van der Waals surface area contributed by atoms with E-state index in [0.717, 1.165) is 0 Å². The average molecular weight is 241 g/mol. The Morgan fingerprint density at radius 1 is 1.56 bits per heavy atom. The van der Waals surface area contributed by atoms with Crippen molar-refractivity contribution in [3.8, 4) is 0 Å². The van der Waals surface area contributed by atoms with Crippen LogP contribution in [-0.2, 0) is 4.74 Å². The molecule has 1 aliphatic carbocycles. The predicted octanol–water partition coefficient (Wildman–Crippen LogP) is 1.43. The van der Waals surface area contributed by atoms with Crippen molar-refractivity contribution in [3.63, 3.8) is 0 Å². The van der Waals surface area contributed by atoms with Gasteiger partial charge in [-0.25, -0.2) is 4.79 Å². The second kappa shape index (κ2) is 4.12. The van der Waals surface area contributed by atoms with Gasteiger partial charge in [-0.3, -0.25) is 0 Å². The Balaban J connectivity index is 2.31. The molecule has 7 heteroatoms. The monoisotopic (exact) mass is 241 g/mol. The van der Waals surface area contributed by atoms with Crippen LogP contribution in [0.2, 0.25) is 0 Å². The quantitative estimate of drug-likeness (QED) is 0.769. The average Bonchev–Trinajstić information content (AvgIpc) is 2.13. The van der Waals surface area contributed by atoms with Crippen LogP contribution in [0, 0.1) is 5.41 Å². The molecule has 0 bridgehead atoms. The molecule has 94 valence electrons. The molecule has 1 aliphatic rings. The number of hydrogen-bond donors (Lipinski definition) is 2. The highest BCUT2D eigenvalue weighted by Gasteiger charge is 2.48. The summed E-state index contributed by atoms with van der Waals surface area (Å²) in [5, 5.41) is 11.6. The fourth-order valence-corrected chi connectivity index (χ4v) is 1.48. The maximum absolute atomic E-state index is 11.7. The number of aliphatic hydroxyl groups excluding tert-OH is 1. The Kier molecular flexibility index (Phi) is 3.37.